The van der Waals surface area contributed by atoms with E-state index in [2.05, 4.69) is 56.2 Å². The van der Waals surface area contributed by atoms with Gasteiger partial charge in [-0.2, -0.15) is 0 Å². The van der Waals surface area contributed by atoms with E-state index in [4.69, 9.17) is 0 Å². The van der Waals surface area contributed by atoms with Gasteiger partial charge in [0.05, 0.1) is 6.54 Å². The molecule has 1 aromatic heterocycles. The van der Waals surface area contributed by atoms with Crippen LogP contribution >= 0.6 is 24.0 Å². The van der Waals surface area contributed by atoms with Crippen molar-refractivity contribution in [2.45, 2.75) is 24.8 Å². The fourth-order valence-electron chi connectivity index (χ4n) is 3.33. The summed E-state index contributed by atoms with van der Waals surface area (Å²) in [5.41, 5.74) is 2.68. The largest absolute Gasteiger partial charge is 0.356 e. The number of guanidine groups is 1. The Morgan fingerprint density at radius 3 is 2.36 bits per heavy atom. The van der Waals surface area contributed by atoms with E-state index in [-0.39, 0.29) is 29.4 Å². The number of para-hydroxylation sites is 1. The summed E-state index contributed by atoms with van der Waals surface area (Å²) in [4.78, 5) is 4.35. The molecule has 0 atom stereocenters. The Kier molecular flexibility index (Phi) is 6.66. The van der Waals surface area contributed by atoms with Crippen molar-refractivity contribution in [2.75, 3.05) is 13.6 Å². The van der Waals surface area contributed by atoms with Crippen LogP contribution in [-0.4, -0.2) is 34.3 Å². The first-order chi connectivity index (χ1) is 13.3. The van der Waals surface area contributed by atoms with Crippen LogP contribution in [0.15, 0.2) is 72.0 Å². The van der Waals surface area contributed by atoms with E-state index < -0.39 is 0 Å². The molecule has 6 nitrogen and oxygen atoms in total. The highest BCUT2D eigenvalue weighted by Crippen LogP contribution is 2.47. The molecule has 7 heteroatoms. The van der Waals surface area contributed by atoms with Crippen molar-refractivity contribution in [3.63, 3.8) is 0 Å². The van der Waals surface area contributed by atoms with Gasteiger partial charge in [0.1, 0.15) is 6.33 Å². The summed E-state index contributed by atoms with van der Waals surface area (Å²) in [6, 6.07) is 20.8. The third-order valence-electron chi connectivity index (χ3n) is 5.12. The lowest BCUT2D eigenvalue weighted by Crippen LogP contribution is -2.41. The third kappa shape index (κ3) is 4.52. The van der Waals surface area contributed by atoms with Gasteiger partial charge in [-0.1, -0.05) is 48.5 Å². The highest BCUT2D eigenvalue weighted by molar-refractivity contribution is 14.0. The average Bonchev–Trinajstić information content (AvgIpc) is 3.38. The highest BCUT2D eigenvalue weighted by atomic mass is 127. The minimum absolute atomic E-state index is 0. The fraction of sp³-hybridized carbons (Fsp3) is 0.286. The monoisotopic (exact) mass is 488 g/mol. The Morgan fingerprint density at radius 2 is 1.71 bits per heavy atom. The first-order valence-corrected chi connectivity index (χ1v) is 9.25. The predicted molar refractivity (Wildman–Crippen MR) is 122 cm³/mol. The maximum atomic E-state index is 4.35. The topological polar surface area (TPSA) is 67.1 Å². The van der Waals surface area contributed by atoms with E-state index in [0.29, 0.717) is 6.54 Å². The van der Waals surface area contributed by atoms with Crippen LogP contribution in [0.25, 0.3) is 5.69 Å². The van der Waals surface area contributed by atoms with Crippen LogP contribution in [0.2, 0.25) is 0 Å². The van der Waals surface area contributed by atoms with Crippen molar-refractivity contribution in [1.82, 2.24) is 25.4 Å². The molecule has 0 saturated heterocycles. The molecule has 1 fully saturated rings. The molecule has 0 amide bonds. The lowest BCUT2D eigenvalue weighted by molar-refractivity contribution is 0.642. The molecule has 0 unspecified atom stereocenters. The lowest BCUT2D eigenvalue weighted by atomic mass is 9.96. The molecule has 2 aromatic carbocycles. The van der Waals surface area contributed by atoms with Crippen LogP contribution < -0.4 is 10.6 Å². The minimum atomic E-state index is 0. The average molecular weight is 488 g/mol. The van der Waals surface area contributed by atoms with Gasteiger partial charge in [0.2, 0.25) is 0 Å². The number of nitrogens with zero attached hydrogens (tertiary/aromatic N) is 4. The molecular formula is C21H25IN6. The summed E-state index contributed by atoms with van der Waals surface area (Å²) in [6.45, 7) is 1.43. The van der Waals surface area contributed by atoms with Gasteiger partial charge < -0.3 is 10.6 Å². The Labute approximate surface area is 182 Å². The molecule has 28 heavy (non-hydrogen) atoms. The molecule has 1 saturated carbocycles. The number of rotatable bonds is 6. The van der Waals surface area contributed by atoms with Gasteiger partial charge in [0.15, 0.2) is 11.8 Å². The number of benzene rings is 2. The summed E-state index contributed by atoms with van der Waals surface area (Å²) in [5.74, 6) is 1.62. The van der Waals surface area contributed by atoms with Crippen LogP contribution in [-0.2, 0) is 12.0 Å². The van der Waals surface area contributed by atoms with E-state index in [1.807, 2.05) is 34.9 Å². The van der Waals surface area contributed by atoms with Gasteiger partial charge in [-0.3, -0.25) is 9.56 Å². The van der Waals surface area contributed by atoms with E-state index in [1.165, 1.54) is 18.4 Å². The highest BCUT2D eigenvalue weighted by Gasteiger charge is 2.43. The van der Waals surface area contributed by atoms with Gasteiger partial charge in [-0.25, -0.2) is 0 Å². The Bertz CT molecular complexity index is 903. The molecule has 1 aliphatic rings. The second-order valence-electron chi connectivity index (χ2n) is 6.88. The van der Waals surface area contributed by atoms with E-state index in [1.54, 1.807) is 13.4 Å². The maximum absolute atomic E-state index is 4.35. The molecule has 0 bridgehead atoms. The van der Waals surface area contributed by atoms with Gasteiger partial charge in [0.25, 0.3) is 0 Å². The Morgan fingerprint density at radius 1 is 1.04 bits per heavy atom. The molecule has 3 aromatic rings. The molecule has 0 radical (unpaired) electrons. The second kappa shape index (κ2) is 9.18. The van der Waals surface area contributed by atoms with Gasteiger partial charge in [-0.05, 0) is 30.5 Å². The van der Waals surface area contributed by atoms with Crippen LogP contribution in [0.3, 0.4) is 0 Å². The number of hydrogen-bond acceptors (Lipinski definition) is 3. The third-order valence-corrected chi connectivity index (χ3v) is 5.12. The first-order valence-electron chi connectivity index (χ1n) is 9.25. The van der Waals surface area contributed by atoms with Crippen molar-refractivity contribution < 1.29 is 0 Å². The zero-order chi connectivity index (χ0) is 18.5. The number of halogens is 1. The number of nitrogens with one attached hydrogen (secondary N) is 2. The van der Waals surface area contributed by atoms with Crippen LogP contribution in [0.1, 0.15) is 24.2 Å². The van der Waals surface area contributed by atoms with Crippen molar-refractivity contribution in [1.29, 1.82) is 0 Å². The van der Waals surface area contributed by atoms with Crippen LogP contribution in [0, 0.1) is 0 Å². The van der Waals surface area contributed by atoms with E-state index in [9.17, 15) is 0 Å². The van der Waals surface area contributed by atoms with Crippen molar-refractivity contribution in [3.05, 3.63) is 78.4 Å². The summed E-state index contributed by atoms with van der Waals surface area (Å²) >= 11 is 0. The maximum Gasteiger partial charge on any atom is 0.191 e. The van der Waals surface area contributed by atoms with Crippen molar-refractivity contribution >= 4 is 29.9 Å². The van der Waals surface area contributed by atoms with E-state index >= 15 is 0 Å². The van der Waals surface area contributed by atoms with Crippen LogP contribution in [0.5, 0.6) is 0 Å². The smallest absolute Gasteiger partial charge is 0.191 e. The zero-order valence-electron chi connectivity index (χ0n) is 15.9. The predicted octanol–water partition coefficient (Wildman–Crippen LogP) is 3.28. The molecule has 146 valence electrons. The molecule has 1 aliphatic carbocycles. The standard InChI is InChI=1S/C21H24N6.HI/c1-22-20(24-15-21(12-13-21)17-8-4-2-5-9-17)23-14-19-26-25-16-27(19)18-10-6-3-7-11-18;/h2-11,16H,12-15H2,1H3,(H2,22,23,24);1H. The molecule has 0 spiro atoms. The fourth-order valence-corrected chi connectivity index (χ4v) is 3.33. The first kappa shape index (κ1) is 20.3. The Balaban J connectivity index is 0.00000225. The van der Waals surface area contributed by atoms with Crippen LogP contribution in [0.4, 0.5) is 0 Å². The number of aliphatic imine (C=N–C) groups is 1. The number of aromatic nitrogens is 3. The van der Waals surface area contributed by atoms with Crippen molar-refractivity contribution in [2.24, 2.45) is 4.99 Å². The van der Waals surface area contributed by atoms with E-state index in [0.717, 1.165) is 24.0 Å². The van der Waals surface area contributed by atoms with Gasteiger partial charge in [0, 0.05) is 24.7 Å². The molecule has 2 N–H and O–H groups in total. The second-order valence-corrected chi connectivity index (χ2v) is 6.88. The number of hydrogen-bond donors (Lipinski definition) is 2. The summed E-state index contributed by atoms with van der Waals surface area (Å²) < 4.78 is 1.98. The summed E-state index contributed by atoms with van der Waals surface area (Å²) in [5, 5.41) is 15.1. The molecule has 4 rings (SSSR count). The molecule has 1 heterocycles. The zero-order valence-corrected chi connectivity index (χ0v) is 18.2. The van der Waals surface area contributed by atoms with Crippen molar-refractivity contribution in [3.8, 4) is 5.69 Å². The molecule has 0 aliphatic heterocycles. The normalized spacial score (nSPS) is 14.8. The SMILES string of the molecule is CN=C(NCc1nncn1-c1ccccc1)NCC1(c2ccccc2)CC1.I. The van der Waals surface area contributed by atoms with Gasteiger partial charge >= 0.3 is 0 Å². The quantitative estimate of drug-likeness (QED) is 0.318. The lowest BCUT2D eigenvalue weighted by Gasteiger charge is -2.19. The van der Waals surface area contributed by atoms with Gasteiger partial charge in [-0.15, -0.1) is 34.2 Å². The summed E-state index contributed by atoms with van der Waals surface area (Å²) in [7, 11) is 1.79. The molecular weight excluding hydrogens is 463 g/mol. The summed E-state index contributed by atoms with van der Waals surface area (Å²) in [6.07, 6.45) is 4.16. The minimum Gasteiger partial charge on any atom is -0.356 e. The Hall–Kier alpha value is -2.42.